The summed E-state index contributed by atoms with van der Waals surface area (Å²) in [4.78, 5) is 8.33. The van der Waals surface area contributed by atoms with Crippen LogP contribution >= 0.6 is 0 Å². The van der Waals surface area contributed by atoms with Crippen LogP contribution in [0.2, 0.25) is 0 Å². The van der Waals surface area contributed by atoms with Gasteiger partial charge in [-0.3, -0.25) is 0 Å². The van der Waals surface area contributed by atoms with Crippen molar-refractivity contribution in [2.24, 2.45) is 16.7 Å². The summed E-state index contributed by atoms with van der Waals surface area (Å²) in [6, 6.07) is 5.82. The van der Waals surface area contributed by atoms with E-state index in [1.807, 2.05) is 0 Å². The molecule has 1 aromatic heterocycles. The van der Waals surface area contributed by atoms with Crippen molar-refractivity contribution in [3.05, 3.63) is 53.6 Å². The fourth-order valence-electron chi connectivity index (χ4n) is 3.11. The summed E-state index contributed by atoms with van der Waals surface area (Å²) >= 11 is 0. The Balaban J connectivity index is 1.90. The number of rotatable bonds is 4. The molecule has 3 rings (SSSR count). The van der Waals surface area contributed by atoms with E-state index in [0.29, 0.717) is 11.1 Å². The molecule has 9 heteroatoms. The highest BCUT2D eigenvalue weighted by atomic mass is 19.3. The van der Waals surface area contributed by atoms with Crippen LogP contribution in [-0.4, -0.2) is 21.7 Å². The molecule has 0 unspecified atom stereocenters. The zero-order valence-electron chi connectivity index (χ0n) is 13.9. The number of nitrogens with one attached hydrogen (secondary N) is 1. The van der Waals surface area contributed by atoms with Crippen LogP contribution in [0.5, 0.6) is 0 Å². The van der Waals surface area contributed by atoms with Gasteiger partial charge in [0.1, 0.15) is 5.82 Å². The van der Waals surface area contributed by atoms with Crippen LogP contribution in [0.3, 0.4) is 0 Å². The minimum atomic E-state index is -2.71. The maximum Gasteiger partial charge on any atom is 0.248 e. The highest BCUT2D eigenvalue weighted by Gasteiger charge is 2.44. The number of benzene rings is 1. The molecule has 0 saturated heterocycles. The van der Waals surface area contributed by atoms with Gasteiger partial charge in [-0.25, -0.2) is 23.1 Å². The Labute approximate surface area is 148 Å². The minimum Gasteiger partial charge on any atom is -0.382 e. The third-order valence-electron chi connectivity index (χ3n) is 4.67. The Hall–Kier alpha value is -2.84. The molecule has 1 aliphatic rings. The second kappa shape index (κ2) is 6.81. The summed E-state index contributed by atoms with van der Waals surface area (Å²) in [5, 5.41) is 6.53. The van der Waals surface area contributed by atoms with Crippen LogP contribution in [0.4, 0.5) is 19.1 Å². The second-order valence-corrected chi connectivity index (χ2v) is 6.38. The summed E-state index contributed by atoms with van der Waals surface area (Å²) in [5.41, 5.74) is 5.96. The number of hydrogen-bond donors (Lipinski definition) is 3. The average molecular weight is 364 g/mol. The van der Waals surface area contributed by atoms with Crippen molar-refractivity contribution in [1.82, 2.24) is 9.97 Å². The van der Waals surface area contributed by atoms with Gasteiger partial charge < -0.3 is 16.9 Å². The van der Waals surface area contributed by atoms with Gasteiger partial charge in [-0.15, -0.1) is 0 Å². The molecule has 0 atom stereocenters. The summed E-state index contributed by atoms with van der Waals surface area (Å²) in [6.45, 7) is 0. The van der Waals surface area contributed by atoms with Gasteiger partial charge in [0.25, 0.3) is 0 Å². The molecule has 1 saturated carbocycles. The van der Waals surface area contributed by atoms with E-state index in [1.54, 1.807) is 12.1 Å². The molecular weight excluding hydrogens is 345 g/mol. The van der Waals surface area contributed by atoms with Gasteiger partial charge in [-0.1, -0.05) is 12.1 Å². The van der Waals surface area contributed by atoms with Crippen LogP contribution < -0.4 is 16.9 Å². The molecule has 1 heterocycles. The van der Waals surface area contributed by atoms with Gasteiger partial charge in [-0.2, -0.15) is 5.10 Å². The van der Waals surface area contributed by atoms with Gasteiger partial charge in [0, 0.05) is 25.2 Å². The minimum absolute atomic E-state index is 0.0853. The molecule has 1 fully saturated rings. The lowest BCUT2D eigenvalue weighted by Gasteiger charge is -2.41. The Kier molecular flexibility index (Phi) is 4.71. The van der Waals surface area contributed by atoms with Crippen molar-refractivity contribution in [3.8, 4) is 0 Å². The summed E-state index contributed by atoms with van der Waals surface area (Å²) in [7, 11) is 0. The quantitative estimate of drug-likeness (QED) is 0.335. The smallest absolute Gasteiger partial charge is 0.248 e. The Bertz CT molecular complexity index is 779. The van der Waals surface area contributed by atoms with Gasteiger partial charge >= 0.3 is 0 Å². The maximum atomic E-state index is 13.7. The number of anilines is 1. The van der Waals surface area contributed by atoms with E-state index < -0.39 is 11.5 Å². The highest BCUT2D eigenvalue weighted by Crippen LogP contribution is 2.45. The van der Waals surface area contributed by atoms with Crippen molar-refractivity contribution in [2.75, 3.05) is 5.32 Å². The van der Waals surface area contributed by atoms with E-state index >= 15 is 0 Å². The van der Waals surface area contributed by atoms with Gasteiger partial charge in [0.15, 0.2) is 5.84 Å². The van der Waals surface area contributed by atoms with Crippen LogP contribution in [0.1, 0.15) is 36.8 Å². The van der Waals surface area contributed by atoms with E-state index in [0.717, 1.165) is 0 Å². The monoisotopic (exact) mass is 364 g/mol. The predicted octanol–water partition coefficient (Wildman–Crippen LogP) is 2.71. The third-order valence-corrected chi connectivity index (χ3v) is 4.67. The lowest BCUT2D eigenvalue weighted by molar-refractivity contribution is -0.0486. The molecule has 1 aliphatic carbocycles. The SMILES string of the molecule is N/N=C(\N)c1cnc(NC2(c3ccc(F)cc3)CCC(F)(F)CC2)nc1. The number of hydrazone groups is 1. The fourth-order valence-corrected chi connectivity index (χ4v) is 3.11. The van der Waals surface area contributed by atoms with Crippen molar-refractivity contribution in [1.29, 1.82) is 0 Å². The van der Waals surface area contributed by atoms with Crippen molar-refractivity contribution >= 4 is 11.8 Å². The van der Waals surface area contributed by atoms with E-state index in [1.165, 1.54) is 24.5 Å². The first-order valence-electron chi connectivity index (χ1n) is 8.11. The lowest BCUT2D eigenvalue weighted by Crippen LogP contribution is -2.43. The predicted molar refractivity (Wildman–Crippen MR) is 92.1 cm³/mol. The van der Waals surface area contributed by atoms with Crippen LogP contribution in [-0.2, 0) is 5.54 Å². The molecule has 2 aromatic rings. The number of nitrogens with two attached hydrogens (primary N) is 2. The topological polar surface area (TPSA) is 102 Å². The zero-order chi connectivity index (χ0) is 18.8. The van der Waals surface area contributed by atoms with Crippen molar-refractivity contribution in [2.45, 2.75) is 37.1 Å². The first kappa shape index (κ1) is 18.0. The van der Waals surface area contributed by atoms with E-state index in [9.17, 15) is 13.2 Å². The first-order chi connectivity index (χ1) is 12.3. The number of alkyl halides is 2. The van der Waals surface area contributed by atoms with E-state index in [2.05, 4.69) is 20.4 Å². The van der Waals surface area contributed by atoms with Crippen LogP contribution in [0, 0.1) is 5.82 Å². The number of nitrogens with zero attached hydrogens (tertiary/aromatic N) is 3. The highest BCUT2D eigenvalue weighted by molar-refractivity contribution is 5.96. The average Bonchev–Trinajstić information content (AvgIpc) is 2.64. The molecule has 0 bridgehead atoms. The number of aromatic nitrogens is 2. The van der Waals surface area contributed by atoms with Crippen LogP contribution in [0.15, 0.2) is 41.8 Å². The van der Waals surface area contributed by atoms with Crippen molar-refractivity contribution in [3.63, 3.8) is 0 Å². The normalized spacial score (nSPS) is 19.1. The number of hydrogen-bond acceptors (Lipinski definition) is 5. The van der Waals surface area contributed by atoms with E-state index in [-0.39, 0.29) is 43.3 Å². The molecule has 0 aliphatic heterocycles. The largest absolute Gasteiger partial charge is 0.382 e. The van der Waals surface area contributed by atoms with Crippen LogP contribution in [0.25, 0.3) is 0 Å². The Morgan fingerprint density at radius 1 is 1.04 bits per heavy atom. The lowest BCUT2D eigenvalue weighted by atomic mass is 9.75. The summed E-state index contributed by atoms with van der Waals surface area (Å²) in [6.07, 6.45) is 2.67. The second-order valence-electron chi connectivity index (χ2n) is 6.38. The number of amidine groups is 1. The molecule has 0 amide bonds. The van der Waals surface area contributed by atoms with E-state index in [4.69, 9.17) is 11.6 Å². The molecule has 5 N–H and O–H groups in total. The van der Waals surface area contributed by atoms with Gasteiger partial charge in [0.05, 0.1) is 11.1 Å². The standard InChI is InChI=1S/C17H19F3N6/c18-13-3-1-12(2-4-13)16(5-7-17(19,20)8-6-16)25-15-23-9-11(10-24-15)14(21)26-22/h1-4,9-10H,5-8,22H2,(H2,21,26)(H,23,24,25). The Morgan fingerprint density at radius 2 is 1.62 bits per heavy atom. The Morgan fingerprint density at radius 3 is 2.15 bits per heavy atom. The summed E-state index contributed by atoms with van der Waals surface area (Å²) in [5.74, 6) is 2.37. The molecule has 1 aromatic carbocycles. The van der Waals surface area contributed by atoms with Gasteiger partial charge in [-0.05, 0) is 30.5 Å². The van der Waals surface area contributed by atoms with Crippen molar-refractivity contribution < 1.29 is 13.2 Å². The molecule has 6 nitrogen and oxygen atoms in total. The first-order valence-corrected chi connectivity index (χ1v) is 8.11. The zero-order valence-corrected chi connectivity index (χ0v) is 13.9. The van der Waals surface area contributed by atoms with Gasteiger partial charge in [0.2, 0.25) is 11.9 Å². The molecule has 0 spiro atoms. The third kappa shape index (κ3) is 3.71. The molecule has 0 radical (unpaired) electrons. The summed E-state index contributed by atoms with van der Waals surface area (Å²) < 4.78 is 40.7. The molecule has 26 heavy (non-hydrogen) atoms. The fraction of sp³-hybridized carbons (Fsp3) is 0.353. The maximum absolute atomic E-state index is 13.7. The number of halogens is 3. The molecular formula is C17H19F3N6. The molecule has 138 valence electrons.